The van der Waals surface area contributed by atoms with Gasteiger partial charge in [0.15, 0.2) is 5.82 Å². The third-order valence-electron chi connectivity index (χ3n) is 5.51. The van der Waals surface area contributed by atoms with Crippen LogP contribution in [0.25, 0.3) is 0 Å². The monoisotopic (exact) mass is 349 g/mol. The van der Waals surface area contributed by atoms with Crippen molar-refractivity contribution in [3.63, 3.8) is 0 Å². The summed E-state index contributed by atoms with van der Waals surface area (Å²) in [7, 11) is 0. The van der Waals surface area contributed by atoms with E-state index in [2.05, 4.69) is 34.3 Å². The lowest BCUT2D eigenvalue weighted by atomic mass is 9.93. The molecule has 140 valence electrons. The van der Waals surface area contributed by atoms with Gasteiger partial charge in [0.25, 0.3) is 0 Å². The van der Waals surface area contributed by atoms with Crippen LogP contribution in [0, 0.1) is 5.92 Å². The fraction of sp³-hybridized carbons (Fsp3) is 0.833. The smallest absolute Gasteiger partial charge is 0.223 e. The van der Waals surface area contributed by atoms with E-state index in [0.29, 0.717) is 6.04 Å². The Morgan fingerprint density at radius 3 is 2.52 bits per heavy atom. The summed E-state index contributed by atoms with van der Waals surface area (Å²) in [5.41, 5.74) is 0. The van der Waals surface area contributed by atoms with Gasteiger partial charge in [-0.15, -0.1) is 10.2 Å². The Balaban J connectivity index is 1.50. The number of likely N-dealkylation sites (tertiary alicyclic amines) is 1. The molecule has 0 saturated carbocycles. The van der Waals surface area contributed by atoms with Crippen molar-refractivity contribution < 1.29 is 9.53 Å². The van der Waals surface area contributed by atoms with Crippen LogP contribution in [0.1, 0.15) is 64.4 Å². The van der Waals surface area contributed by atoms with E-state index in [1.54, 1.807) is 6.33 Å². The molecular formula is C18H31N5O2. The van der Waals surface area contributed by atoms with E-state index in [1.807, 2.05) is 11.5 Å². The van der Waals surface area contributed by atoms with Crippen LogP contribution in [-0.4, -0.2) is 57.9 Å². The van der Waals surface area contributed by atoms with Crippen LogP contribution >= 0.6 is 0 Å². The summed E-state index contributed by atoms with van der Waals surface area (Å²) in [4.78, 5) is 15.2. The maximum atomic E-state index is 12.7. The first-order valence-electron chi connectivity index (χ1n) is 9.58. The van der Waals surface area contributed by atoms with E-state index in [0.717, 1.165) is 57.8 Å². The number of nitrogens with zero attached hydrogens (tertiary/aromatic N) is 4. The zero-order valence-corrected chi connectivity index (χ0v) is 15.6. The van der Waals surface area contributed by atoms with Crippen LogP contribution in [0.4, 0.5) is 0 Å². The molecule has 2 aliphatic heterocycles. The Labute approximate surface area is 150 Å². The predicted octanol–water partition coefficient (Wildman–Crippen LogP) is 1.93. The zero-order valence-electron chi connectivity index (χ0n) is 15.6. The zero-order chi connectivity index (χ0) is 17.8. The predicted molar refractivity (Wildman–Crippen MR) is 95.1 cm³/mol. The largest absolute Gasteiger partial charge is 0.381 e. The van der Waals surface area contributed by atoms with Crippen LogP contribution in [0.3, 0.4) is 0 Å². The standard InChI is InChI=1S/C18H31N5O2/c1-13(2)23-12-19-21-17(23)14(3)20-18(24)15-4-8-22(9-5-15)16-6-10-25-11-7-16/h12-16H,4-11H2,1-3H3,(H,20,24)/t14-/m1/s1. The Kier molecular flexibility index (Phi) is 6.06. The number of ether oxygens (including phenoxy) is 1. The van der Waals surface area contributed by atoms with Crippen molar-refractivity contribution in [2.45, 2.75) is 64.6 Å². The Morgan fingerprint density at radius 1 is 1.20 bits per heavy atom. The minimum absolute atomic E-state index is 0.106. The van der Waals surface area contributed by atoms with Crippen LogP contribution in [-0.2, 0) is 9.53 Å². The summed E-state index contributed by atoms with van der Waals surface area (Å²) >= 11 is 0. The minimum atomic E-state index is -0.120. The van der Waals surface area contributed by atoms with Crippen molar-refractivity contribution in [1.82, 2.24) is 25.0 Å². The number of amides is 1. The molecule has 1 aromatic heterocycles. The highest BCUT2D eigenvalue weighted by Gasteiger charge is 2.30. The molecule has 7 heteroatoms. The molecule has 3 rings (SSSR count). The van der Waals surface area contributed by atoms with Gasteiger partial charge in [0.1, 0.15) is 6.33 Å². The van der Waals surface area contributed by atoms with Gasteiger partial charge in [-0.1, -0.05) is 0 Å². The third-order valence-corrected chi connectivity index (χ3v) is 5.51. The average Bonchev–Trinajstić information content (AvgIpc) is 3.13. The molecule has 2 saturated heterocycles. The lowest BCUT2D eigenvalue weighted by Crippen LogP contribution is -2.47. The van der Waals surface area contributed by atoms with Crippen molar-refractivity contribution in [1.29, 1.82) is 0 Å². The summed E-state index contributed by atoms with van der Waals surface area (Å²) in [6, 6.07) is 0.805. The maximum Gasteiger partial charge on any atom is 0.223 e. The van der Waals surface area contributed by atoms with Gasteiger partial charge in [-0.3, -0.25) is 4.79 Å². The molecule has 1 amide bonds. The minimum Gasteiger partial charge on any atom is -0.381 e. The molecule has 0 aliphatic carbocycles. The fourth-order valence-corrected chi connectivity index (χ4v) is 3.93. The van der Waals surface area contributed by atoms with Gasteiger partial charge in [-0.05, 0) is 59.5 Å². The summed E-state index contributed by atoms with van der Waals surface area (Å²) in [6.45, 7) is 9.94. The molecule has 0 unspecified atom stereocenters. The van der Waals surface area contributed by atoms with Gasteiger partial charge < -0.3 is 19.5 Å². The van der Waals surface area contributed by atoms with Crippen molar-refractivity contribution in [2.75, 3.05) is 26.3 Å². The number of carbonyl (C=O) groups excluding carboxylic acids is 1. The van der Waals surface area contributed by atoms with Crippen LogP contribution in [0.5, 0.6) is 0 Å². The highest BCUT2D eigenvalue weighted by atomic mass is 16.5. The molecule has 0 aromatic carbocycles. The van der Waals surface area contributed by atoms with E-state index in [4.69, 9.17) is 4.74 Å². The van der Waals surface area contributed by atoms with Gasteiger partial charge >= 0.3 is 0 Å². The second kappa shape index (κ2) is 8.27. The number of nitrogens with one attached hydrogen (secondary N) is 1. The van der Waals surface area contributed by atoms with E-state index in [1.165, 1.54) is 0 Å². The molecule has 7 nitrogen and oxygen atoms in total. The first-order chi connectivity index (χ1) is 12.1. The second-order valence-electron chi connectivity index (χ2n) is 7.57. The van der Waals surface area contributed by atoms with Crippen molar-refractivity contribution in [2.24, 2.45) is 5.92 Å². The summed E-state index contributed by atoms with van der Waals surface area (Å²) in [6.07, 6.45) is 5.85. The van der Waals surface area contributed by atoms with Crippen molar-refractivity contribution in [3.8, 4) is 0 Å². The lowest BCUT2D eigenvalue weighted by molar-refractivity contribution is -0.127. The van der Waals surface area contributed by atoms with Crippen LogP contribution in [0.15, 0.2) is 6.33 Å². The van der Waals surface area contributed by atoms with Gasteiger partial charge in [-0.25, -0.2) is 0 Å². The summed E-state index contributed by atoms with van der Waals surface area (Å²) in [5.74, 6) is 1.08. The molecule has 2 fully saturated rings. The van der Waals surface area contributed by atoms with Gasteiger partial charge in [0, 0.05) is 31.2 Å². The van der Waals surface area contributed by atoms with E-state index in [9.17, 15) is 4.79 Å². The molecular weight excluding hydrogens is 318 g/mol. The molecule has 1 N–H and O–H groups in total. The van der Waals surface area contributed by atoms with Gasteiger partial charge in [0.05, 0.1) is 6.04 Å². The number of rotatable bonds is 5. The van der Waals surface area contributed by atoms with E-state index >= 15 is 0 Å². The van der Waals surface area contributed by atoms with Crippen molar-refractivity contribution in [3.05, 3.63) is 12.2 Å². The molecule has 0 radical (unpaired) electrons. The Bertz CT molecular complexity index is 560. The molecule has 0 spiro atoms. The maximum absolute atomic E-state index is 12.7. The van der Waals surface area contributed by atoms with E-state index < -0.39 is 0 Å². The number of carbonyl (C=O) groups is 1. The van der Waals surface area contributed by atoms with Gasteiger partial charge in [0.2, 0.25) is 5.91 Å². The normalized spacial score (nSPS) is 22.2. The Hall–Kier alpha value is -1.47. The molecule has 0 bridgehead atoms. The quantitative estimate of drug-likeness (QED) is 0.879. The molecule has 3 heterocycles. The number of aromatic nitrogens is 3. The topological polar surface area (TPSA) is 72.3 Å². The molecule has 1 atom stereocenters. The lowest BCUT2D eigenvalue weighted by Gasteiger charge is -2.39. The van der Waals surface area contributed by atoms with Crippen LogP contribution in [0.2, 0.25) is 0 Å². The first-order valence-corrected chi connectivity index (χ1v) is 9.58. The van der Waals surface area contributed by atoms with Gasteiger partial charge in [-0.2, -0.15) is 0 Å². The molecule has 1 aromatic rings. The van der Waals surface area contributed by atoms with Crippen molar-refractivity contribution >= 4 is 5.91 Å². The Morgan fingerprint density at radius 2 is 1.88 bits per heavy atom. The third kappa shape index (κ3) is 4.39. The average molecular weight is 349 g/mol. The van der Waals surface area contributed by atoms with Crippen LogP contribution < -0.4 is 5.32 Å². The second-order valence-corrected chi connectivity index (χ2v) is 7.57. The summed E-state index contributed by atoms with van der Waals surface area (Å²) < 4.78 is 7.46. The molecule has 25 heavy (non-hydrogen) atoms. The highest BCUT2D eigenvalue weighted by molar-refractivity contribution is 5.79. The number of hydrogen-bond acceptors (Lipinski definition) is 5. The number of piperidine rings is 1. The first kappa shape index (κ1) is 18.3. The SMILES string of the molecule is CC(C)n1cnnc1[C@@H](C)NC(=O)C1CCN(C2CCOCC2)CC1. The fourth-order valence-electron chi connectivity index (χ4n) is 3.93. The number of hydrogen-bond donors (Lipinski definition) is 1. The molecule has 2 aliphatic rings. The highest BCUT2D eigenvalue weighted by Crippen LogP contribution is 2.24. The van der Waals surface area contributed by atoms with E-state index in [-0.39, 0.29) is 23.9 Å². The summed E-state index contributed by atoms with van der Waals surface area (Å²) in [5, 5.41) is 11.3.